The lowest BCUT2D eigenvalue weighted by molar-refractivity contribution is -0.125. The fourth-order valence-electron chi connectivity index (χ4n) is 1.50. The molecule has 12 heavy (non-hydrogen) atoms. The maximum atomic E-state index is 11.3. The second-order valence-corrected chi connectivity index (χ2v) is 3.68. The average Bonchev–Trinajstić information content (AvgIpc) is 1.97. The highest BCUT2D eigenvalue weighted by Gasteiger charge is 2.34. The first-order chi connectivity index (χ1) is 5.47. The summed E-state index contributed by atoms with van der Waals surface area (Å²) in [5.74, 6) is 0.301. The van der Waals surface area contributed by atoms with Crippen molar-refractivity contribution in [3.63, 3.8) is 0 Å². The molecule has 2 heteroatoms. The van der Waals surface area contributed by atoms with E-state index in [1.807, 2.05) is 13.8 Å². The first-order valence-corrected chi connectivity index (χ1v) is 4.19. The molecule has 0 aromatic heterocycles. The van der Waals surface area contributed by atoms with Crippen LogP contribution in [0.5, 0.6) is 0 Å². The van der Waals surface area contributed by atoms with Gasteiger partial charge in [-0.25, -0.2) is 0 Å². The van der Waals surface area contributed by atoms with Gasteiger partial charge in [0.05, 0.1) is 0 Å². The van der Waals surface area contributed by atoms with Crippen LogP contribution in [-0.4, -0.2) is 11.6 Å². The molecular weight excluding hydrogens is 152 g/mol. The van der Waals surface area contributed by atoms with E-state index in [4.69, 9.17) is 0 Å². The van der Waals surface area contributed by atoms with Gasteiger partial charge in [0.25, 0.3) is 0 Å². The molecule has 1 rings (SSSR count). The van der Waals surface area contributed by atoms with E-state index in [0.717, 1.165) is 5.57 Å². The van der Waals surface area contributed by atoms with E-state index in [0.29, 0.717) is 12.8 Å². The Morgan fingerprint density at radius 3 is 2.58 bits per heavy atom. The van der Waals surface area contributed by atoms with Crippen LogP contribution in [0.25, 0.3) is 0 Å². The zero-order valence-corrected chi connectivity index (χ0v) is 7.81. The van der Waals surface area contributed by atoms with Crippen LogP contribution in [0.3, 0.4) is 0 Å². The van der Waals surface area contributed by atoms with Gasteiger partial charge in [0, 0.05) is 11.8 Å². The van der Waals surface area contributed by atoms with Crippen molar-refractivity contribution in [1.29, 1.82) is 0 Å². The van der Waals surface area contributed by atoms with Crippen molar-refractivity contribution in [2.24, 2.45) is 5.41 Å². The standard InChI is InChI=1S/C10H14O2/c1-7-6-9(12)4-5-10(7,3)8(2)11/h6H,4-5H2,1-3H3/t10-/m0/s1. The monoisotopic (exact) mass is 166 g/mol. The number of carbonyl (C=O) groups is 2. The number of rotatable bonds is 1. The predicted octanol–water partition coefficient (Wildman–Crippen LogP) is 1.89. The van der Waals surface area contributed by atoms with Crippen LogP contribution in [0.1, 0.15) is 33.6 Å². The Morgan fingerprint density at radius 1 is 1.58 bits per heavy atom. The lowest BCUT2D eigenvalue weighted by atomic mass is 9.72. The molecule has 0 saturated heterocycles. The zero-order chi connectivity index (χ0) is 9.35. The minimum absolute atomic E-state index is 0.145. The fraction of sp³-hybridized carbons (Fsp3) is 0.600. The number of Topliss-reactive ketones (excluding diaryl/α,β-unsaturated/α-hetero) is 1. The third-order valence-corrected chi connectivity index (χ3v) is 2.90. The predicted molar refractivity (Wildman–Crippen MR) is 46.8 cm³/mol. The second-order valence-electron chi connectivity index (χ2n) is 3.68. The van der Waals surface area contributed by atoms with Gasteiger partial charge < -0.3 is 0 Å². The van der Waals surface area contributed by atoms with Gasteiger partial charge in [-0.05, 0) is 33.3 Å². The second kappa shape index (κ2) is 2.85. The molecule has 0 unspecified atom stereocenters. The van der Waals surface area contributed by atoms with Crippen LogP contribution in [0.15, 0.2) is 11.6 Å². The van der Waals surface area contributed by atoms with E-state index in [1.165, 1.54) is 0 Å². The number of allylic oxidation sites excluding steroid dienone is 2. The van der Waals surface area contributed by atoms with E-state index in [2.05, 4.69) is 0 Å². The summed E-state index contributed by atoms with van der Waals surface area (Å²) < 4.78 is 0. The van der Waals surface area contributed by atoms with E-state index in [9.17, 15) is 9.59 Å². The van der Waals surface area contributed by atoms with Crippen LogP contribution in [0.4, 0.5) is 0 Å². The van der Waals surface area contributed by atoms with Gasteiger partial charge in [0.2, 0.25) is 0 Å². The van der Waals surface area contributed by atoms with E-state index >= 15 is 0 Å². The molecule has 0 aliphatic heterocycles. The lowest BCUT2D eigenvalue weighted by Gasteiger charge is -2.30. The summed E-state index contributed by atoms with van der Waals surface area (Å²) in [7, 11) is 0. The SMILES string of the molecule is CC(=O)[C@@]1(C)CCC(=O)C=C1C. The van der Waals surface area contributed by atoms with Crippen molar-refractivity contribution in [2.75, 3.05) is 0 Å². The van der Waals surface area contributed by atoms with Crippen molar-refractivity contribution in [3.05, 3.63) is 11.6 Å². The number of ketones is 2. The molecule has 0 fully saturated rings. The van der Waals surface area contributed by atoms with Gasteiger partial charge in [-0.3, -0.25) is 9.59 Å². The van der Waals surface area contributed by atoms with Crippen molar-refractivity contribution in [1.82, 2.24) is 0 Å². The number of hydrogen-bond donors (Lipinski definition) is 0. The first-order valence-electron chi connectivity index (χ1n) is 4.19. The molecule has 1 atom stereocenters. The van der Waals surface area contributed by atoms with Gasteiger partial charge >= 0.3 is 0 Å². The van der Waals surface area contributed by atoms with Crippen LogP contribution in [0, 0.1) is 5.41 Å². The third kappa shape index (κ3) is 1.33. The van der Waals surface area contributed by atoms with Crippen LogP contribution in [0.2, 0.25) is 0 Å². The highest BCUT2D eigenvalue weighted by Crippen LogP contribution is 2.36. The lowest BCUT2D eigenvalue weighted by Crippen LogP contribution is -2.30. The molecule has 1 aliphatic rings. The molecule has 0 amide bonds. The minimum atomic E-state index is -0.381. The van der Waals surface area contributed by atoms with Crippen molar-refractivity contribution >= 4 is 11.6 Å². The Hall–Kier alpha value is -0.920. The summed E-state index contributed by atoms with van der Waals surface area (Å²) in [6, 6.07) is 0. The fourth-order valence-corrected chi connectivity index (χ4v) is 1.50. The largest absolute Gasteiger partial charge is 0.299 e. The van der Waals surface area contributed by atoms with Crippen LogP contribution >= 0.6 is 0 Å². The van der Waals surface area contributed by atoms with Gasteiger partial charge in [-0.2, -0.15) is 0 Å². The number of carbonyl (C=O) groups excluding carboxylic acids is 2. The van der Waals surface area contributed by atoms with Crippen molar-refractivity contribution in [2.45, 2.75) is 33.6 Å². The Bertz CT molecular complexity index is 263. The Labute approximate surface area is 72.7 Å². The molecule has 0 heterocycles. The van der Waals surface area contributed by atoms with Gasteiger partial charge in [-0.15, -0.1) is 0 Å². The van der Waals surface area contributed by atoms with Crippen molar-refractivity contribution < 1.29 is 9.59 Å². The summed E-state index contributed by atoms with van der Waals surface area (Å²) in [4.78, 5) is 22.3. The highest BCUT2D eigenvalue weighted by atomic mass is 16.1. The van der Waals surface area contributed by atoms with Gasteiger partial charge in [0.15, 0.2) is 5.78 Å². The van der Waals surface area contributed by atoms with E-state index in [1.54, 1.807) is 13.0 Å². The van der Waals surface area contributed by atoms with Gasteiger partial charge in [-0.1, -0.05) is 5.57 Å². The molecule has 0 N–H and O–H groups in total. The highest BCUT2D eigenvalue weighted by molar-refractivity contribution is 5.96. The quantitative estimate of drug-likeness (QED) is 0.596. The zero-order valence-electron chi connectivity index (χ0n) is 7.81. The smallest absolute Gasteiger partial charge is 0.155 e. The topological polar surface area (TPSA) is 34.1 Å². The van der Waals surface area contributed by atoms with Crippen LogP contribution in [-0.2, 0) is 9.59 Å². The molecule has 0 bridgehead atoms. The van der Waals surface area contributed by atoms with E-state index < -0.39 is 0 Å². The minimum Gasteiger partial charge on any atom is -0.299 e. The third-order valence-electron chi connectivity index (χ3n) is 2.90. The first kappa shape index (κ1) is 9.17. The van der Waals surface area contributed by atoms with E-state index in [-0.39, 0.29) is 17.0 Å². The molecule has 1 aliphatic carbocycles. The Balaban J connectivity index is 3.02. The summed E-state index contributed by atoms with van der Waals surface area (Å²) >= 11 is 0. The van der Waals surface area contributed by atoms with Gasteiger partial charge in [0.1, 0.15) is 5.78 Å². The van der Waals surface area contributed by atoms with Crippen molar-refractivity contribution in [3.8, 4) is 0 Å². The van der Waals surface area contributed by atoms with Crippen LogP contribution < -0.4 is 0 Å². The average molecular weight is 166 g/mol. The molecular formula is C10H14O2. The normalized spacial score (nSPS) is 29.9. The summed E-state index contributed by atoms with van der Waals surface area (Å²) in [5.41, 5.74) is 0.528. The molecule has 0 aromatic rings. The molecule has 2 nitrogen and oxygen atoms in total. The molecule has 0 saturated carbocycles. The molecule has 66 valence electrons. The summed E-state index contributed by atoms with van der Waals surface area (Å²) in [6.45, 7) is 5.36. The maximum absolute atomic E-state index is 11.3. The Kier molecular flexibility index (Phi) is 2.18. The summed E-state index contributed by atoms with van der Waals surface area (Å²) in [5, 5.41) is 0. The Morgan fingerprint density at radius 2 is 2.17 bits per heavy atom. The maximum Gasteiger partial charge on any atom is 0.155 e. The number of hydrogen-bond acceptors (Lipinski definition) is 2. The molecule has 0 radical (unpaired) electrons. The molecule has 0 spiro atoms. The summed E-state index contributed by atoms with van der Waals surface area (Å²) in [6.07, 6.45) is 2.78. The molecule has 0 aromatic carbocycles.